The molecule has 1 aromatic heterocycles. The van der Waals surface area contributed by atoms with Crippen LogP contribution in [-0.2, 0) is 6.61 Å². The third-order valence-electron chi connectivity index (χ3n) is 4.36. The van der Waals surface area contributed by atoms with E-state index in [1.54, 1.807) is 36.4 Å². The van der Waals surface area contributed by atoms with Gasteiger partial charge >= 0.3 is 0 Å². The first-order valence-electron chi connectivity index (χ1n) is 8.51. The number of anilines is 1. The normalized spacial score (nSPS) is 10.2. The van der Waals surface area contributed by atoms with Crippen LogP contribution in [0.2, 0.25) is 10.0 Å². The van der Waals surface area contributed by atoms with Crippen molar-refractivity contribution in [2.24, 2.45) is 0 Å². The summed E-state index contributed by atoms with van der Waals surface area (Å²) in [6, 6.07) is 13.7. The number of hydrogen-bond donors (Lipinski definition) is 2. The molecule has 0 bridgehead atoms. The van der Waals surface area contributed by atoms with E-state index in [0.29, 0.717) is 26.9 Å². The van der Waals surface area contributed by atoms with E-state index >= 15 is 0 Å². The first kappa shape index (κ1) is 21.1. The maximum absolute atomic E-state index is 12.3. The lowest BCUT2D eigenvalue weighted by Crippen LogP contribution is -2.16. The van der Waals surface area contributed by atoms with Crippen LogP contribution in [0, 0.1) is 22.7 Å². The van der Waals surface area contributed by atoms with E-state index in [0.717, 1.165) is 0 Å². The molecular formula is C21H14Cl2N4O3. The Balaban J connectivity index is 2.24. The Hall–Kier alpha value is -3.65. The standard InChI is InChI=1S/C21H14Cl2N4O3/c1-29-17-7-2-4-11(18-12(8-24)20(26)27-21(28)13(18)9-25)19(17)30-10-14-15(22)5-3-6-16(14)23/h2-7H,10H2,1H3,(H3,26,27,28). The highest BCUT2D eigenvalue weighted by atomic mass is 35.5. The summed E-state index contributed by atoms with van der Waals surface area (Å²) in [6.07, 6.45) is 0. The first-order valence-corrected chi connectivity index (χ1v) is 9.27. The third kappa shape index (κ3) is 3.77. The Morgan fingerprint density at radius 2 is 1.70 bits per heavy atom. The minimum Gasteiger partial charge on any atom is -0.493 e. The summed E-state index contributed by atoms with van der Waals surface area (Å²) in [6.45, 7) is -0.0195. The van der Waals surface area contributed by atoms with E-state index in [4.69, 9.17) is 38.4 Å². The minimum atomic E-state index is -0.716. The van der Waals surface area contributed by atoms with Gasteiger partial charge < -0.3 is 20.2 Å². The molecule has 0 aliphatic carbocycles. The second-order valence-electron chi connectivity index (χ2n) is 6.04. The average Bonchev–Trinajstić information content (AvgIpc) is 2.73. The number of aromatic nitrogens is 1. The Bertz CT molecular complexity index is 1250. The van der Waals surface area contributed by atoms with Gasteiger partial charge in [-0.15, -0.1) is 0 Å². The quantitative estimate of drug-likeness (QED) is 0.610. The van der Waals surface area contributed by atoms with Crippen molar-refractivity contribution in [3.8, 4) is 34.8 Å². The van der Waals surface area contributed by atoms with Crippen LogP contribution in [0.15, 0.2) is 41.2 Å². The van der Waals surface area contributed by atoms with Gasteiger partial charge in [0, 0.05) is 26.7 Å². The topological polar surface area (TPSA) is 125 Å². The number of nitrogen functional groups attached to an aromatic ring is 1. The van der Waals surface area contributed by atoms with Crippen LogP contribution in [0.3, 0.4) is 0 Å². The van der Waals surface area contributed by atoms with E-state index in [1.807, 2.05) is 12.1 Å². The van der Waals surface area contributed by atoms with E-state index in [-0.39, 0.29) is 34.9 Å². The van der Waals surface area contributed by atoms with Crippen molar-refractivity contribution < 1.29 is 9.47 Å². The fourth-order valence-electron chi connectivity index (χ4n) is 2.95. The van der Waals surface area contributed by atoms with Crippen molar-refractivity contribution in [3.63, 3.8) is 0 Å². The van der Waals surface area contributed by atoms with Gasteiger partial charge in [-0.1, -0.05) is 41.4 Å². The highest BCUT2D eigenvalue weighted by Crippen LogP contribution is 2.42. The molecule has 0 unspecified atom stereocenters. The number of benzene rings is 2. The molecule has 0 fully saturated rings. The smallest absolute Gasteiger partial charge is 0.268 e. The molecule has 1 heterocycles. The lowest BCUT2D eigenvalue weighted by Gasteiger charge is -2.18. The number of nitrogens with zero attached hydrogens (tertiary/aromatic N) is 2. The van der Waals surface area contributed by atoms with Gasteiger partial charge in [-0.3, -0.25) is 4.79 Å². The van der Waals surface area contributed by atoms with Crippen molar-refractivity contribution in [2.75, 3.05) is 12.8 Å². The summed E-state index contributed by atoms with van der Waals surface area (Å²) in [7, 11) is 1.44. The van der Waals surface area contributed by atoms with Crippen molar-refractivity contribution >= 4 is 29.0 Å². The van der Waals surface area contributed by atoms with Crippen LogP contribution < -0.4 is 20.8 Å². The number of H-pyrrole nitrogens is 1. The second kappa shape index (κ2) is 8.79. The predicted molar refractivity (Wildman–Crippen MR) is 114 cm³/mol. The molecule has 3 rings (SSSR count). The lowest BCUT2D eigenvalue weighted by molar-refractivity contribution is 0.286. The number of nitriles is 2. The zero-order valence-corrected chi connectivity index (χ0v) is 17.1. The number of nitrogens with two attached hydrogens (primary N) is 1. The van der Waals surface area contributed by atoms with E-state index in [9.17, 15) is 15.3 Å². The molecule has 0 spiro atoms. The number of rotatable bonds is 5. The van der Waals surface area contributed by atoms with E-state index in [2.05, 4.69) is 4.98 Å². The van der Waals surface area contributed by atoms with Gasteiger partial charge in [0.15, 0.2) is 11.5 Å². The molecule has 0 aliphatic heterocycles. The maximum Gasteiger partial charge on any atom is 0.268 e. The van der Waals surface area contributed by atoms with Crippen LogP contribution in [0.4, 0.5) is 5.82 Å². The molecule has 0 saturated heterocycles. The number of aromatic amines is 1. The van der Waals surface area contributed by atoms with Crippen LogP contribution in [0.25, 0.3) is 11.1 Å². The number of nitrogens with one attached hydrogen (secondary N) is 1. The molecule has 0 saturated carbocycles. The van der Waals surface area contributed by atoms with Gasteiger partial charge in [0.25, 0.3) is 5.56 Å². The summed E-state index contributed by atoms with van der Waals surface area (Å²) >= 11 is 12.4. The highest BCUT2D eigenvalue weighted by Gasteiger charge is 2.23. The number of para-hydroxylation sites is 1. The number of pyridine rings is 1. The third-order valence-corrected chi connectivity index (χ3v) is 5.07. The van der Waals surface area contributed by atoms with Gasteiger partial charge in [0.2, 0.25) is 0 Å². The van der Waals surface area contributed by atoms with Crippen LogP contribution >= 0.6 is 23.2 Å². The van der Waals surface area contributed by atoms with E-state index < -0.39 is 5.56 Å². The van der Waals surface area contributed by atoms with Crippen LogP contribution in [0.1, 0.15) is 16.7 Å². The molecule has 9 heteroatoms. The predicted octanol–water partition coefficient (Wildman–Crippen LogP) is 4.26. The van der Waals surface area contributed by atoms with Gasteiger partial charge in [-0.2, -0.15) is 10.5 Å². The summed E-state index contributed by atoms with van der Waals surface area (Å²) < 4.78 is 11.4. The van der Waals surface area contributed by atoms with Crippen molar-refractivity contribution in [1.29, 1.82) is 10.5 Å². The lowest BCUT2D eigenvalue weighted by atomic mass is 9.95. The van der Waals surface area contributed by atoms with Gasteiger partial charge in [-0.05, 0) is 18.2 Å². The molecule has 3 aromatic rings. The number of halogens is 2. The Morgan fingerprint density at radius 1 is 1.07 bits per heavy atom. The molecule has 150 valence electrons. The van der Waals surface area contributed by atoms with Gasteiger partial charge in [0.05, 0.1) is 7.11 Å². The molecule has 0 amide bonds. The van der Waals surface area contributed by atoms with Crippen LogP contribution in [0.5, 0.6) is 11.5 Å². The fourth-order valence-corrected chi connectivity index (χ4v) is 3.46. The zero-order chi connectivity index (χ0) is 21.8. The van der Waals surface area contributed by atoms with Gasteiger partial charge in [-0.25, -0.2) is 0 Å². The summed E-state index contributed by atoms with van der Waals surface area (Å²) in [5.74, 6) is 0.371. The zero-order valence-electron chi connectivity index (χ0n) is 15.6. The second-order valence-corrected chi connectivity index (χ2v) is 6.86. The SMILES string of the molecule is COc1cccc(-c2c(C#N)c(N)[nH]c(=O)c2C#N)c1OCc1c(Cl)cccc1Cl. The highest BCUT2D eigenvalue weighted by molar-refractivity contribution is 6.35. The fraction of sp³-hybridized carbons (Fsp3) is 0.0952. The summed E-state index contributed by atoms with van der Waals surface area (Å²) in [4.78, 5) is 14.6. The van der Waals surface area contributed by atoms with Crippen molar-refractivity contribution in [1.82, 2.24) is 4.98 Å². The first-order chi connectivity index (χ1) is 14.4. The molecule has 7 nitrogen and oxygen atoms in total. The largest absolute Gasteiger partial charge is 0.493 e. The Kier molecular flexibility index (Phi) is 6.17. The average molecular weight is 441 g/mol. The van der Waals surface area contributed by atoms with Crippen molar-refractivity contribution in [3.05, 3.63) is 73.5 Å². The number of methoxy groups -OCH3 is 1. The number of hydrogen-bond acceptors (Lipinski definition) is 6. The molecule has 0 atom stereocenters. The molecule has 2 aromatic carbocycles. The number of ether oxygens (including phenoxy) is 2. The van der Waals surface area contributed by atoms with Crippen molar-refractivity contribution in [2.45, 2.75) is 6.61 Å². The molecule has 3 N–H and O–H groups in total. The molecule has 30 heavy (non-hydrogen) atoms. The molecule has 0 radical (unpaired) electrons. The molecule has 0 aliphatic rings. The Morgan fingerprint density at radius 3 is 2.30 bits per heavy atom. The molecular weight excluding hydrogens is 427 g/mol. The maximum atomic E-state index is 12.3. The monoisotopic (exact) mass is 440 g/mol. The Labute approximate surface area is 181 Å². The van der Waals surface area contributed by atoms with E-state index in [1.165, 1.54) is 7.11 Å². The van der Waals surface area contributed by atoms with Gasteiger partial charge in [0.1, 0.15) is 35.7 Å². The summed E-state index contributed by atoms with van der Waals surface area (Å²) in [5.41, 5.74) is 5.68. The minimum absolute atomic E-state index is 0.0195. The van der Waals surface area contributed by atoms with Crippen LogP contribution in [-0.4, -0.2) is 12.1 Å². The summed E-state index contributed by atoms with van der Waals surface area (Å²) in [5, 5.41) is 20.0.